The quantitative estimate of drug-likeness (QED) is 0.519. The molecule has 0 amide bonds. The molecule has 0 aliphatic rings. The predicted molar refractivity (Wildman–Crippen MR) is 100 cm³/mol. The zero-order valence-corrected chi connectivity index (χ0v) is 16.3. The summed E-state index contributed by atoms with van der Waals surface area (Å²) in [6.45, 7) is -3.13. The number of aryl methyl sites for hydroxylation is 1. The van der Waals surface area contributed by atoms with Crippen molar-refractivity contribution in [1.82, 2.24) is 18.7 Å². The summed E-state index contributed by atoms with van der Waals surface area (Å²) in [5.41, 5.74) is -0.655. The topological polar surface area (TPSA) is 107 Å². The van der Waals surface area contributed by atoms with E-state index in [0.29, 0.717) is 0 Å². The van der Waals surface area contributed by atoms with Gasteiger partial charge < -0.3 is 18.8 Å². The first-order valence-electron chi connectivity index (χ1n) is 8.65. The molecule has 2 heterocycles. The number of carbonyl (C=O) groups excluding carboxylic acids is 1. The van der Waals surface area contributed by atoms with E-state index in [1.165, 1.54) is 48.8 Å². The molecular weight excluding hydrogens is 406 g/mol. The average Bonchev–Trinajstić information content (AvgIpc) is 3.14. The Morgan fingerprint density at radius 1 is 1.17 bits per heavy atom. The third-order valence-electron chi connectivity index (χ3n) is 4.40. The lowest BCUT2D eigenvalue weighted by Gasteiger charge is -2.11. The molecule has 0 unspecified atom stereocenters. The number of ether oxygens (including phenoxy) is 3. The van der Waals surface area contributed by atoms with Gasteiger partial charge in [-0.05, 0) is 18.2 Å². The first-order chi connectivity index (χ1) is 14.2. The maximum absolute atomic E-state index is 12.5. The summed E-state index contributed by atoms with van der Waals surface area (Å²) in [6, 6.07) is 3.74. The van der Waals surface area contributed by atoms with Crippen LogP contribution in [0.2, 0.25) is 0 Å². The summed E-state index contributed by atoms with van der Waals surface area (Å²) in [6.07, 6.45) is 1.36. The van der Waals surface area contributed by atoms with Crippen molar-refractivity contribution in [3.8, 4) is 11.5 Å². The molecule has 10 nitrogen and oxygen atoms in total. The second-order valence-electron chi connectivity index (χ2n) is 6.20. The van der Waals surface area contributed by atoms with Crippen LogP contribution in [0.25, 0.3) is 11.2 Å². The van der Waals surface area contributed by atoms with Crippen LogP contribution in [-0.4, -0.2) is 45.0 Å². The largest absolute Gasteiger partial charge is 0.493 e. The molecule has 2 aromatic heterocycles. The molecule has 0 N–H and O–H groups in total. The normalized spacial score (nSPS) is 11.1. The lowest BCUT2D eigenvalue weighted by atomic mass is 10.2. The molecule has 0 radical (unpaired) electrons. The van der Waals surface area contributed by atoms with Gasteiger partial charge in [0.2, 0.25) is 0 Å². The van der Waals surface area contributed by atoms with Crippen LogP contribution in [-0.2, 0) is 25.4 Å². The zero-order chi connectivity index (χ0) is 22.0. The minimum absolute atomic E-state index is 0.0137. The van der Waals surface area contributed by atoms with Gasteiger partial charge in [-0.15, -0.1) is 0 Å². The fraction of sp³-hybridized carbons (Fsp3) is 0.333. The Morgan fingerprint density at radius 2 is 1.90 bits per heavy atom. The molecule has 0 spiro atoms. The van der Waals surface area contributed by atoms with E-state index in [1.54, 1.807) is 0 Å². The third-order valence-corrected chi connectivity index (χ3v) is 4.40. The molecule has 0 aliphatic heterocycles. The molecule has 30 heavy (non-hydrogen) atoms. The smallest absolute Gasteiger partial charge is 0.387 e. The first kappa shape index (κ1) is 21.0. The second-order valence-corrected chi connectivity index (χ2v) is 6.20. The molecule has 3 aromatic rings. The SMILES string of the molecule is COc1ccc(C(=O)OCCn2cnc3c2c(=O)n(C)c(=O)n3C)cc1OC(F)F. The molecule has 0 fully saturated rings. The van der Waals surface area contributed by atoms with E-state index >= 15 is 0 Å². The van der Waals surface area contributed by atoms with Crippen molar-refractivity contribution in [3.63, 3.8) is 0 Å². The summed E-state index contributed by atoms with van der Waals surface area (Å²) < 4.78 is 43.1. The van der Waals surface area contributed by atoms with Crippen molar-refractivity contribution in [2.45, 2.75) is 13.2 Å². The number of nitrogens with zero attached hydrogens (tertiary/aromatic N) is 4. The maximum Gasteiger partial charge on any atom is 0.387 e. The van der Waals surface area contributed by atoms with Crippen LogP contribution in [0.5, 0.6) is 11.5 Å². The standard InChI is InChI=1S/C18H18F2N4O6/c1-22-14-13(15(25)23(2)18(22)27)24(9-21-14)6-7-29-16(26)10-4-5-11(28-3)12(8-10)30-17(19)20/h4-5,8-9,17H,6-7H2,1-3H3. The van der Waals surface area contributed by atoms with Gasteiger partial charge in [0.1, 0.15) is 6.61 Å². The fourth-order valence-corrected chi connectivity index (χ4v) is 2.88. The number of hydrogen-bond acceptors (Lipinski definition) is 7. The van der Waals surface area contributed by atoms with Crippen molar-refractivity contribution >= 4 is 17.1 Å². The number of esters is 1. The highest BCUT2D eigenvalue weighted by Gasteiger charge is 2.17. The van der Waals surface area contributed by atoms with Gasteiger partial charge in [0.15, 0.2) is 22.7 Å². The fourth-order valence-electron chi connectivity index (χ4n) is 2.88. The summed E-state index contributed by atoms with van der Waals surface area (Å²) in [4.78, 5) is 40.7. The lowest BCUT2D eigenvalue weighted by molar-refractivity contribution is -0.0513. The van der Waals surface area contributed by atoms with Gasteiger partial charge in [0.05, 0.1) is 25.5 Å². The number of fused-ring (bicyclic) bond motifs is 1. The number of benzene rings is 1. The number of aromatic nitrogens is 4. The van der Waals surface area contributed by atoms with Crippen molar-refractivity contribution in [2.24, 2.45) is 14.1 Å². The van der Waals surface area contributed by atoms with Crippen molar-refractivity contribution in [3.05, 3.63) is 50.9 Å². The highest BCUT2D eigenvalue weighted by atomic mass is 19.3. The molecule has 0 saturated heterocycles. The maximum atomic E-state index is 12.5. The highest BCUT2D eigenvalue weighted by molar-refractivity contribution is 5.90. The zero-order valence-electron chi connectivity index (χ0n) is 16.3. The Bertz CT molecular complexity index is 1210. The number of methoxy groups -OCH3 is 1. The summed E-state index contributed by atoms with van der Waals surface area (Å²) in [7, 11) is 4.12. The van der Waals surface area contributed by atoms with Crippen molar-refractivity contribution in [2.75, 3.05) is 13.7 Å². The van der Waals surface area contributed by atoms with Gasteiger partial charge in [0, 0.05) is 14.1 Å². The summed E-state index contributed by atoms with van der Waals surface area (Å²) in [5.74, 6) is -1.04. The molecule has 0 aliphatic carbocycles. The van der Waals surface area contributed by atoms with Crippen LogP contribution < -0.4 is 20.7 Å². The summed E-state index contributed by atoms with van der Waals surface area (Å²) >= 11 is 0. The molecule has 1 aromatic carbocycles. The minimum Gasteiger partial charge on any atom is -0.493 e. The van der Waals surface area contributed by atoms with Crippen LogP contribution in [0.3, 0.4) is 0 Å². The monoisotopic (exact) mass is 424 g/mol. The molecule has 0 atom stereocenters. The Balaban J connectivity index is 1.75. The van der Waals surface area contributed by atoms with Crippen LogP contribution in [0.15, 0.2) is 34.1 Å². The average molecular weight is 424 g/mol. The Morgan fingerprint density at radius 3 is 2.57 bits per heavy atom. The second kappa shape index (κ2) is 8.35. The Hall–Kier alpha value is -3.70. The lowest BCUT2D eigenvalue weighted by Crippen LogP contribution is -2.37. The Kier molecular flexibility index (Phi) is 5.85. The number of rotatable bonds is 7. The Labute approximate surface area is 167 Å². The van der Waals surface area contributed by atoms with E-state index in [2.05, 4.69) is 9.72 Å². The van der Waals surface area contributed by atoms with Crippen LogP contribution in [0.4, 0.5) is 8.78 Å². The van der Waals surface area contributed by atoms with Gasteiger partial charge in [-0.3, -0.25) is 13.9 Å². The van der Waals surface area contributed by atoms with Crippen LogP contribution in [0, 0.1) is 0 Å². The van der Waals surface area contributed by atoms with Gasteiger partial charge in [0.25, 0.3) is 5.56 Å². The minimum atomic E-state index is -3.08. The van der Waals surface area contributed by atoms with Crippen LogP contribution >= 0.6 is 0 Å². The third kappa shape index (κ3) is 3.88. The number of alkyl halides is 2. The van der Waals surface area contributed by atoms with Crippen LogP contribution in [0.1, 0.15) is 10.4 Å². The molecule has 3 rings (SSSR count). The number of imidazole rings is 1. The van der Waals surface area contributed by atoms with Gasteiger partial charge in [-0.2, -0.15) is 8.78 Å². The number of carbonyl (C=O) groups is 1. The first-order valence-corrected chi connectivity index (χ1v) is 8.65. The van der Waals surface area contributed by atoms with E-state index in [9.17, 15) is 23.2 Å². The van der Waals surface area contributed by atoms with E-state index in [1.807, 2.05) is 0 Å². The van der Waals surface area contributed by atoms with E-state index < -0.39 is 23.8 Å². The van der Waals surface area contributed by atoms with E-state index in [-0.39, 0.29) is 41.4 Å². The van der Waals surface area contributed by atoms with Crippen molar-refractivity contribution in [1.29, 1.82) is 0 Å². The van der Waals surface area contributed by atoms with E-state index in [4.69, 9.17) is 9.47 Å². The molecule has 0 bridgehead atoms. The summed E-state index contributed by atoms with van der Waals surface area (Å²) in [5, 5.41) is 0. The number of hydrogen-bond donors (Lipinski definition) is 0. The molecule has 0 saturated carbocycles. The van der Waals surface area contributed by atoms with Crippen molar-refractivity contribution < 1.29 is 27.8 Å². The highest BCUT2D eigenvalue weighted by Crippen LogP contribution is 2.29. The molecule has 12 heteroatoms. The predicted octanol–water partition coefficient (Wildman–Crippen LogP) is 0.901. The van der Waals surface area contributed by atoms with Gasteiger partial charge in [-0.25, -0.2) is 14.6 Å². The molecular formula is C18H18F2N4O6. The van der Waals surface area contributed by atoms with Gasteiger partial charge >= 0.3 is 18.3 Å². The van der Waals surface area contributed by atoms with Gasteiger partial charge in [-0.1, -0.05) is 0 Å². The van der Waals surface area contributed by atoms with E-state index in [0.717, 1.165) is 10.6 Å². The number of halogens is 2. The molecule has 160 valence electrons.